The first-order chi connectivity index (χ1) is 12.0. The van der Waals surface area contributed by atoms with E-state index < -0.39 is 12.0 Å². The van der Waals surface area contributed by atoms with Gasteiger partial charge in [0.25, 0.3) is 5.91 Å². The zero-order valence-electron chi connectivity index (χ0n) is 13.3. The van der Waals surface area contributed by atoms with Crippen LogP contribution in [-0.4, -0.2) is 23.2 Å². The van der Waals surface area contributed by atoms with Gasteiger partial charge in [-0.1, -0.05) is 17.7 Å². The van der Waals surface area contributed by atoms with E-state index in [2.05, 4.69) is 5.32 Å². The van der Waals surface area contributed by atoms with Crippen LogP contribution in [0.4, 0.5) is 4.79 Å². The summed E-state index contributed by atoms with van der Waals surface area (Å²) in [5.41, 5.74) is 4.12. The molecular formula is C18H17ClN2O4. The van der Waals surface area contributed by atoms with Crippen molar-refractivity contribution in [3.05, 3.63) is 64.2 Å². The molecule has 0 aliphatic heterocycles. The number of hydrogen-bond acceptors (Lipinski definition) is 4. The number of fused-ring (bicyclic) bond motifs is 1. The molecule has 1 atom stereocenters. The molecule has 0 saturated heterocycles. The first kappa shape index (κ1) is 17.3. The third-order valence-electron chi connectivity index (χ3n) is 4.14. The number of benzene rings is 2. The van der Waals surface area contributed by atoms with Crippen LogP contribution >= 0.6 is 11.6 Å². The minimum absolute atomic E-state index is 0.0836. The Hall–Kier alpha value is -2.57. The van der Waals surface area contributed by atoms with Crippen molar-refractivity contribution in [2.75, 3.05) is 0 Å². The number of carbonyl (C=O) groups excluding carboxylic acids is 2. The van der Waals surface area contributed by atoms with E-state index in [-0.39, 0.29) is 6.04 Å². The van der Waals surface area contributed by atoms with Gasteiger partial charge < -0.3 is 10.1 Å². The van der Waals surface area contributed by atoms with Gasteiger partial charge in [0.05, 0.1) is 0 Å². The second-order valence-electron chi connectivity index (χ2n) is 5.85. The van der Waals surface area contributed by atoms with Crippen LogP contribution in [0.15, 0.2) is 42.5 Å². The molecule has 0 bridgehead atoms. The molecule has 130 valence electrons. The lowest BCUT2D eigenvalue weighted by molar-refractivity contribution is 0.0706. The number of nitrogens with one attached hydrogen (secondary N) is 2. The highest BCUT2D eigenvalue weighted by Crippen LogP contribution is 2.23. The highest BCUT2D eigenvalue weighted by molar-refractivity contribution is 6.30. The molecule has 6 nitrogen and oxygen atoms in total. The Morgan fingerprint density at radius 3 is 2.60 bits per heavy atom. The highest BCUT2D eigenvalue weighted by Gasteiger charge is 2.22. The van der Waals surface area contributed by atoms with Gasteiger partial charge in [-0.2, -0.15) is 0 Å². The number of rotatable bonds is 3. The fourth-order valence-electron chi connectivity index (χ4n) is 2.89. The van der Waals surface area contributed by atoms with Gasteiger partial charge in [-0.05, 0) is 66.8 Å². The monoisotopic (exact) mass is 360 g/mol. The van der Waals surface area contributed by atoms with Gasteiger partial charge >= 0.3 is 6.09 Å². The Morgan fingerprint density at radius 2 is 1.88 bits per heavy atom. The van der Waals surface area contributed by atoms with Crippen LogP contribution in [0.1, 0.15) is 27.9 Å². The number of amides is 2. The van der Waals surface area contributed by atoms with Gasteiger partial charge in [0, 0.05) is 16.6 Å². The van der Waals surface area contributed by atoms with E-state index in [9.17, 15) is 9.59 Å². The maximum Gasteiger partial charge on any atom is 0.412 e. The highest BCUT2D eigenvalue weighted by atomic mass is 35.5. The zero-order chi connectivity index (χ0) is 17.8. The van der Waals surface area contributed by atoms with Crippen LogP contribution in [0, 0.1) is 0 Å². The van der Waals surface area contributed by atoms with E-state index in [1.54, 1.807) is 41.9 Å². The van der Waals surface area contributed by atoms with E-state index >= 15 is 0 Å². The molecule has 2 aromatic rings. The molecule has 2 amide bonds. The van der Waals surface area contributed by atoms with E-state index in [1.807, 2.05) is 6.07 Å². The summed E-state index contributed by atoms with van der Waals surface area (Å²) in [6.07, 6.45) is 1.65. The Labute approximate surface area is 149 Å². The predicted octanol–water partition coefficient (Wildman–Crippen LogP) is 3.10. The van der Waals surface area contributed by atoms with Crippen LogP contribution in [0.2, 0.25) is 5.02 Å². The summed E-state index contributed by atoms with van der Waals surface area (Å²) in [6, 6.07) is 11.7. The summed E-state index contributed by atoms with van der Waals surface area (Å²) in [7, 11) is 0. The zero-order valence-corrected chi connectivity index (χ0v) is 14.0. The van der Waals surface area contributed by atoms with Crippen LogP contribution in [0.3, 0.4) is 0 Å². The maximum absolute atomic E-state index is 12.0. The molecule has 7 heteroatoms. The molecule has 0 aromatic heterocycles. The number of halogens is 1. The molecular weight excluding hydrogens is 344 g/mol. The average molecular weight is 361 g/mol. The van der Waals surface area contributed by atoms with E-state index in [0.717, 1.165) is 24.0 Å². The van der Waals surface area contributed by atoms with Crippen molar-refractivity contribution in [1.82, 2.24) is 10.8 Å². The number of aryl methyl sites for hydroxylation is 1. The van der Waals surface area contributed by atoms with Crippen molar-refractivity contribution in [1.29, 1.82) is 0 Å². The summed E-state index contributed by atoms with van der Waals surface area (Å²) >= 11 is 5.80. The molecule has 0 radical (unpaired) electrons. The standard InChI is InChI=1S/C18H17ClN2O4/c19-14-4-7-16(8-5-14)25-18(23)20-15-6-3-11-1-2-12(17(22)21-24)9-13(11)10-15/h1-2,4-5,7-9,15,24H,3,6,10H2,(H,20,23)(H,21,22). The Kier molecular flexibility index (Phi) is 5.21. The van der Waals surface area contributed by atoms with Gasteiger partial charge in [-0.15, -0.1) is 0 Å². The van der Waals surface area contributed by atoms with E-state index in [4.69, 9.17) is 21.5 Å². The minimum atomic E-state index is -0.556. The van der Waals surface area contributed by atoms with Crippen molar-refractivity contribution in [3.8, 4) is 5.75 Å². The van der Waals surface area contributed by atoms with Gasteiger partial charge in [0.1, 0.15) is 5.75 Å². The summed E-state index contributed by atoms with van der Waals surface area (Å²) in [5.74, 6) is -0.139. The fourth-order valence-corrected chi connectivity index (χ4v) is 3.02. The van der Waals surface area contributed by atoms with Crippen LogP contribution in [0.25, 0.3) is 0 Å². The normalized spacial score (nSPS) is 15.8. The molecule has 2 aromatic carbocycles. The Bertz CT molecular complexity index is 792. The molecule has 3 rings (SSSR count). The molecule has 0 spiro atoms. The van der Waals surface area contributed by atoms with Gasteiger partial charge in [-0.3, -0.25) is 10.0 Å². The molecule has 1 aliphatic carbocycles. The van der Waals surface area contributed by atoms with Crippen molar-refractivity contribution in [2.24, 2.45) is 0 Å². The third kappa shape index (κ3) is 4.29. The summed E-state index contributed by atoms with van der Waals surface area (Å²) in [5, 5.41) is 12.1. The van der Waals surface area contributed by atoms with Crippen molar-refractivity contribution >= 4 is 23.6 Å². The van der Waals surface area contributed by atoms with Gasteiger partial charge in [0.2, 0.25) is 0 Å². The SMILES string of the molecule is O=C(NC1CCc2ccc(C(=O)NO)cc2C1)Oc1ccc(Cl)cc1. The first-order valence-electron chi connectivity index (χ1n) is 7.85. The van der Waals surface area contributed by atoms with Crippen LogP contribution in [-0.2, 0) is 12.8 Å². The Balaban J connectivity index is 1.62. The quantitative estimate of drug-likeness (QED) is 0.579. The molecule has 25 heavy (non-hydrogen) atoms. The molecule has 0 fully saturated rings. The van der Waals surface area contributed by atoms with E-state index in [1.165, 1.54) is 0 Å². The molecule has 0 heterocycles. The number of hydrogen-bond donors (Lipinski definition) is 3. The molecule has 1 aliphatic rings. The second kappa shape index (κ2) is 7.55. The third-order valence-corrected chi connectivity index (χ3v) is 4.40. The molecule has 1 unspecified atom stereocenters. The number of hydroxylamine groups is 1. The minimum Gasteiger partial charge on any atom is -0.410 e. The summed E-state index contributed by atoms with van der Waals surface area (Å²) < 4.78 is 5.23. The summed E-state index contributed by atoms with van der Waals surface area (Å²) in [4.78, 5) is 23.6. The Morgan fingerprint density at radius 1 is 1.12 bits per heavy atom. The van der Waals surface area contributed by atoms with Crippen molar-refractivity contribution < 1.29 is 19.5 Å². The first-order valence-corrected chi connectivity index (χ1v) is 8.23. The predicted molar refractivity (Wildman–Crippen MR) is 92.1 cm³/mol. The topological polar surface area (TPSA) is 87.7 Å². The van der Waals surface area contributed by atoms with Gasteiger partial charge in [-0.25, -0.2) is 10.3 Å². The van der Waals surface area contributed by atoms with Crippen LogP contribution in [0.5, 0.6) is 5.75 Å². The average Bonchev–Trinajstić information content (AvgIpc) is 2.62. The number of carbonyl (C=O) groups is 2. The van der Waals surface area contributed by atoms with E-state index in [0.29, 0.717) is 22.8 Å². The lowest BCUT2D eigenvalue weighted by Gasteiger charge is -2.25. The fraction of sp³-hybridized carbons (Fsp3) is 0.222. The molecule has 0 saturated carbocycles. The van der Waals surface area contributed by atoms with Crippen molar-refractivity contribution in [2.45, 2.75) is 25.3 Å². The van der Waals surface area contributed by atoms with Crippen LogP contribution < -0.4 is 15.5 Å². The van der Waals surface area contributed by atoms with Crippen molar-refractivity contribution in [3.63, 3.8) is 0 Å². The number of ether oxygens (including phenoxy) is 1. The summed E-state index contributed by atoms with van der Waals surface area (Å²) in [6.45, 7) is 0. The molecule has 3 N–H and O–H groups in total. The largest absolute Gasteiger partial charge is 0.412 e. The maximum atomic E-state index is 12.0. The second-order valence-corrected chi connectivity index (χ2v) is 6.29. The smallest absolute Gasteiger partial charge is 0.410 e. The van der Waals surface area contributed by atoms with Gasteiger partial charge in [0.15, 0.2) is 0 Å². The lowest BCUT2D eigenvalue weighted by atomic mass is 9.87. The lowest BCUT2D eigenvalue weighted by Crippen LogP contribution is -2.40.